The Bertz CT molecular complexity index is 671. The van der Waals surface area contributed by atoms with Gasteiger partial charge in [-0.25, -0.2) is 13.4 Å². The minimum Gasteiger partial charge on any atom is -0.398 e. The van der Waals surface area contributed by atoms with E-state index in [0.29, 0.717) is 10.2 Å². The fourth-order valence-electron chi connectivity index (χ4n) is 1.48. The third-order valence-electron chi connectivity index (χ3n) is 2.55. The van der Waals surface area contributed by atoms with Crippen LogP contribution in [0.3, 0.4) is 0 Å². The van der Waals surface area contributed by atoms with Gasteiger partial charge in [-0.05, 0) is 34.1 Å². The zero-order chi connectivity index (χ0) is 14.0. The summed E-state index contributed by atoms with van der Waals surface area (Å²) < 4.78 is 26.6. The highest BCUT2D eigenvalue weighted by Crippen LogP contribution is 2.25. The van der Waals surface area contributed by atoms with Crippen molar-refractivity contribution in [3.05, 3.63) is 39.3 Å². The predicted octanol–water partition coefficient (Wildman–Crippen LogP) is 2.31. The number of nitrogen functional groups attached to an aromatic ring is 1. The second-order valence-corrected chi connectivity index (χ2v) is 7.54. The molecule has 0 aliphatic heterocycles. The van der Waals surface area contributed by atoms with Gasteiger partial charge in [-0.2, -0.15) is 4.31 Å². The molecule has 8 heteroatoms. The third-order valence-corrected chi connectivity index (χ3v) is 5.67. The van der Waals surface area contributed by atoms with Crippen molar-refractivity contribution >= 4 is 43.0 Å². The summed E-state index contributed by atoms with van der Waals surface area (Å²) in [5.41, 5.74) is 8.56. The standard InChI is InChI=1S/C11H12BrN3O2S2/c1-15(5-8-6-18-7-14-8)19(16,17)9-2-3-11(13)10(12)4-9/h2-4,6-7H,5,13H2,1H3. The van der Waals surface area contributed by atoms with Crippen LogP contribution in [0.25, 0.3) is 0 Å². The third kappa shape index (κ3) is 3.14. The summed E-state index contributed by atoms with van der Waals surface area (Å²) in [6, 6.07) is 4.56. The lowest BCUT2D eigenvalue weighted by molar-refractivity contribution is 0.463. The zero-order valence-electron chi connectivity index (χ0n) is 10.1. The van der Waals surface area contributed by atoms with Crippen molar-refractivity contribution in [3.8, 4) is 0 Å². The van der Waals surface area contributed by atoms with E-state index in [0.717, 1.165) is 5.69 Å². The molecule has 0 bridgehead atoms. The van der Waals surface area contributed by atoms with Gasteiger partial charge in [-0.1, -0.05) is 0 Å². The Morgan fingerprint density at radius 1 is 1.47 bits per heavy atom. The summed E-state index contributed by atoms with van der Waals surface area (Å²) in [5, 5.41) is 1.82. The molecule has 0 spiro atoms. The van der Waals surface area contributed by atoms with Crippen LogP contribution >= 0.6 is 27.3 Å². The fourth-order valence-corrected chi connectivity index (χ4v) is 3.73. The summed E-state index contributed by atoms with van der Waals surface area (Å²) >= 11 is 4.67. The minimum atomic E-state index is -3.54. The first-order valence-corrected chi connectivity index (χ1v) is 8.47. The zero-order valence-corrected chi connectivity index (χ0v) is 13.3. The molecule has 0 amide bonds. The van der Waals surface area contributed by atoms with Crippen molar-refractivity contribution < 1.29 is 8.42 Å². The van der Waals surface area contributed by atoms with Crippen LogP contribution in [0.1, 0.15) is 5.69 Å². The first-order chi connectivity index (χ1) is 8.91. The molecule has 2 N–H and O–H groups in total. The molecule has 0 aliphatic rings. The lowest BCUT2D eigenvalue weighted by atomic mass is 10.3. The van der Waals surface area contributed by atoms with Crippen molar-refractivity contribution in [2.75, 3.05) is 12.8 Å². The molecule has 2 rings (SSSR count). The molecular formula is C11H12BrN3O2S2. The second-order valence-electron chi connectivity index (χ2n) is 3.92. The number of nitrogens with zero attached hydrogens (tertiary/aromatic N) is 2. The van der Waals surface area contributed by atoms with Gasteiger partial charge in [0.2, 0.25) is 10.0 Å². The number of benzene rings is 1. The number of rotatable bonds is 4. The summed E-state index contributed by atoms with van der Waals surface area (Å²) in [6.07, 6.45) is 0. The number of hydrogen-bond donors (Lipinski definition) is 1. The highest BCUT2D eigenvalue weighted by molar-refractivity contribution is 9.10. The van der Waals surface area contributed by atoms with Gasteiger partial charge < -0.3 is 5.73 Å². The lowest BCUT2D eigenvalue weighted by Crippen LogP contribution is -2.26. The monoisotopic (exact) mass is 361 g/mol. The van der Waals surface area contributed by atoms with Crippen LogP contribution in [0.15, 0.2) is 38.5 Å². The summed E-state index contributed by atoms with van der Waals surface area (Å²) in [4.78, 5) is 4.28. The minimum absolute atomic E-state index is 0.200. The topological polar surface area (TPSA) is 76.3 Å². The van der Waals surface area contributed by atoms with E-state index in [1.165, 1.54) is 34.8 Å². The van der Waals surface area contributed by atoms with Crippen molar-refractivity contribution in [3.63, 3.8) is 0 Å². The van der Waals surface area contributed by atoms with E-state index < -0.39 is 10.0 Å². The van der Waals surface area contributed by atoms with Gasteiger partial charge in [0.25, 0.3) is 0 Å². The van der Waals surface area contributed by atoms with Crippen molar-refractivity contribution in [1.82, 2.24) is 9.29 Å². The average Bonchev–Trinajstić information content (AvgIpc) is 2.85. The van der Waals surface area contributed by atoms with E-state index in [-0.39, 0.29) is 11.4 Å². The van der Waals surface area contributed by atoms with Gasteiger partial charge in [0.1, 0.15) is 0 Å². The maximum atomic E-state index is 12.4. The molecule has 0 fully saturated rings. The Balaban J connectivity index is 2.28. The Labute approximate surface area is 124 Å². The first-order valence-electron chi connectivity index (χ1n) is 5.29. The molecule has 0 saturated heterocycles. The van der Waals surface area contributed by atoms with Crippen LogP contribution in [-0.4, -0.2) is 24.8 Å². The van der Waals surface area contributed by atoms with Gasteiger partial charge in [0.05, 0.1) is 22.6 Å². The molecule has 0 radical (unpaired) electrons. The van der Waals surface area contributed by atoms with E-state index in [2.05, 4.69) is 20.9 Å². The Morgan fingerprint density at radius 3 is 2.79 bits per heavy atom. The Hall–Kier alpha value is -0.960. The molecule has 19 heavy (non-hydrogen) atoms. The van der Waals surface area contributed by atoms with Crippen LogP contribution < -0.4 is 5.73 Å². The number of anilines is 1. The number of sulfonamides is 1. The van der Waals surface area contributed by atoms with Crippen molar-refractivity contribution in [1.29, 1.82) is 0 Å². The fraction of sp³-hybridized carbons (Fsp3) is 0.182. The normalized spacial score (nSPS) is 11.9. The average molecular weight is 362 g/mol. The predicted molar refractivity (Wildman–Crippen MR) is 79.3 cm³/mol. The van der Waals surface area contributed by atoms with E-state index in [4.69, 9.17) is 5.73 Å². The Kier molecular flexibility index (Phi) is 4.24. The number of nitrogens with two attached hydrogens (primary N) is 1. The van der Waals surface area contributed by atoms with Gasteiger partial charge in [0, 0.05) is 22.6 Å². The molecule has 0 atom stereocenters. The highest BCUT2D eigenvalue weighted by Gasteiger charge is 2.22. The van der Waals surface area contributed by atoms with Gasteiger partial charge >= 0.3 is 0 Å². The maximum Gasteiger partial charge on any atom is 0.243 e. The van der Waals surface area contributed by atoms with Crippen LogP contribution in [0.2, 0.25) is 0 Å². The quantitative estimate of drug-likeness (QED) is 0.847. The SMILES string of the molecule is CN(Cc1cscn1)S(=O)(=O)c1ccc(N)c(Br)c1. The summed E-state index contributed by atoms with van der Waals surface area (Å²) in [5.74, 6) is 0. The van der Waals surface area contributed by atoms with Crippen LogP contribution in [0.5, 0.6) is 0 Å². The molecule has 0 saturated carbocycles. The summed E-state index contributed by atoms with van der Waals surface area (Å²) in [7, 11) is -2.02. The van der Waals surface area contributed by atoms with Crippen LogP contribution in [0.4, 0.5) is 5.69 Å². The number of hydrogen-bond acceptors (Lipinski definition) is 5. The molecule has 1 aromatic heterocycles. The molecule has 0 aliphatic carbocycles. The Morgan fingerprint density at radius 2 is 2.21 bits per heavy atom. The highest BCUT2D eigenvalue weighted by atomic mass is 79.9. The lowest BCUT2D eigenvalue weighted by Gasteiger charge is -2.16. The molecule has 0 unspecified atom stereocenters. The molecule has 5 nitrogen and oxygen atoms in total. The maximum absolute atomic E-state index is 12.4. The summed E-state index contributed by atoms with van der Waals surface area (Å²) in [6.45, 7) is 0.244. The van der Waals surface area contributed by atoms with Gasteiger partial charge in [-0.15, -0.1) is 11.3 Å². The van der Waals surface area contributed by atoms with E-state index in [9.17, 15) is 8.42 Å². The number of thiazole rings is 1. The van der Waals surface area contributed by atoms with Gasteiger partial charge in [0.15, 0.2) is 0 Å². The molecule has 1 aromatic carbocycles. The largest absolute Gasteiger partial charge is 0.398 e. The van der Waals surface area contributed by atoms with E-state index >= 15 is 0 Å². The molecule has 2 aromatic rings. The molecule has 102 valence electrons. The van der Waals surface area contributed by atoms with Crippen LogP contribution in [-0.2, 0) is 16.6 Å². The number of aromatic nitrogens is 1. The van der Waals surface area contributed by atoms with Gasteiger partial charge in [-0.3, -0.25) is 0 Å². The first kappa shape index (κ1) is 14.4. The van der Waals surface area contributed by atoms with E-state index in [1.54, 1.807) is 11.6 Å². The smallest absolute Gasteiger partial charge is 0.243 e. The molecular weight excluding hydrogens is 350 g/mol. The van der Waals surface area contributed by atoms with Crippen molar-refractivity contribution in [2.24, 2.45) is 0 Å². The van der Waals surface area contributed by atoms with Crippen LogP contribution in [0, 0.1) is 0 Å². The van der Waals surface area contributed by atoms with Crippen molar-refractivity contribution in [2.45, 2.75) is 11.4 Å². The van der Waals surface area contributed by atoms with E-state index in [1.807, 2.05) is 5.38 Å². The number of halogens is 1. The molecule has 1 heterocycles. The second kappa shape index (κ2) is 5.58.